The van der Waals surface area contributed by atoms with Crippen molar-refractivity contribution in [3.05, 3.63) is 41.0 Å². The monoisotopic (exact) mass is 452 g/mol. The number of nitrogens with zero attached hydrogens (tertiary/aromatic N) is 3. The highest BCUT2D eigenvalue weighted by Crippen LogP contribution is 2.25. The zero-order valence-corrected chi connectivity index (χ0v) is 18.5. The summed E-state index contributed by atoms with van der Waals surface area (Å²) >= 11 is 6.17. The number of oxime groups is 1. The van der Waals surface area contributed by atoms with Crippen LogP contribution < -0.4 is 5.32 Å². The summed E-state index contributed by atoms with van der Waals surface area (Å²) in [5.74, 6) is -0.126. The Morgan fingerprint density at radius 2 is 2.07 bits per heavy atom. The van der Waals surface area contributed by atoms with Gasteiger partial charge in [-0.2, -0.15) is 5.10 Å². The van der Waals surface area contributed by atoms with Gasteiger partial charge in [-0.3, -0.25) is 9.48 Å². The molecular weight excluding hydrogens is 428 g/mol. The molecule has 1 aromatic heterocycles. The first-order chi connectivity index (χ1) is 14.3. The topological polar surface area (TPSA) is 103 Å². The van der Waals surface area contributed by atoms with Gasteiger partial charge in [-0.05, 0) is 44.2 Å². The number of benzene rings is 1. The van der Waals surface area contributed by atoms with E-state index in [0.29, 0.717) is 11.4 Å². The molecule has 30 heavy (non-hydrogen) atoms. The number of amides is 1. The Labute approximate surface area is 181 Å². The number of aromatic nitrogens is 2. The van der Waals surface area contributed by atoms with Crippen LogP contribution in [-0.4, -0.2) is 42.2 Å². The van der Waals surface area contributed by atoms with Crippen molar-refractivity contribution < 1.29 is 18.0 Å². The maximum Gasteiger partial charge on any atom is 0.279 e. The Morgan fingerprint density at radius 3 is 2.70 bits per heavy atom. The summed E-state index contributed by atoms with van der Waals surface area (Å²) in [6.45, 7) is 2.78. The van der Waals surface area contributed by atoms with E-state index in [1.165, 1.54) is 18.2 Å². The second-order valence-electron chi connectivity index (χ2n) is 7.29. The Bertz CT molecular complexity index is 1040. The van der Waals surface area contributed by atoms with E-state index >= 15 is 0 Å². The number of rotatable bonds is 8. The summed E-state index contributed by atoms with van der Waals surface area (Å²) in [7, 11) is -3.49. The molecule has 1 aliphatic carbocycles. The molecule has 1 aliphatic rings. The van der Waals surface area contributed by atoms with Gasteiger partial charge in [-0.1, -0.05) is 29.7 Å². The SMILES string of the molecule is CCCn1ccc(NC(=O)/C(=N\OC2CCCC2)c2ccc(S(C)(=O)=O)c(Cl)c2)n1. The highest BCUT2D eigenvalue weighted by molar-refractivity contribution is 7.90. The molecule has 10 heteroatoms. The van der Waals surface area contributed by atoms with Crippen molar-refractivity contribution in [2.45, 2.75) is 56.6 Å². The molecule has 1 aromatic carbocycles. The van der Waals surface area contributed by atoms with E-state index in [1.54, 1.807) is 16.9 Å². The highest BCUT2D eigenvalue weighted by atomic mass is 35.5. The van der Waals surface area contributed by atoms with Crippen molar-refractivity contribution in [1.29, 1.82) is 0 Å². The molecule has 162 valence electrons. The Morgan fingerprint density at radius 1 is 1.33 bits per heavy atom. The van der Waals surface area contributed by atoms with E-state index in [2.05, 4.69) is 15.6 Å². The molecular formula is C20H25ClN4O4S. The number of nitrogens with one attached hydrogen (secondary N) is 1. The van der Waals surface area contributed by atoms with Crippen molar-refractivity contribution >= 4 is 38.9 Å². The zero-order chi connectivity index (χ0) is 21.7. The van der Waals surface area contributed by atoms with Gasteiger partial charge in [-0.25, -0.2) is 8.42 Å². The number of hydrogen-bond donors (Lipinski definition) is 1. The minimum Gasteiger partial charge on any atom is -0.392 e. The Hall–Kier alpha value is -2.39. The fourth-order valence-corrected chi connectivity index (χ4v) is 4.58. The lowest BCUT2D eigenvalue weighted by molar-refractivity contribution is -0.110. The third kappa shape index (κ3) is 5.60. The molecule has 0 bridgehead atoms. The van der Waals surface area contributed by atoms with E-state index < -0.39 is 15.7 Å². The third-order valence-electron chi connectivity index (χ3n) is 4.75. The van der Waals surface area contributed by atoms with Crippen molar-refractivity contribution in [1.82, 2.24) is 9.78 Å². The lowest BCUT2D eigenvalue weighted by Gasteiger charge is -2.11. The molecule has 0 aliphatic heterocycles. The van der Waals surface area contributed by atoms with Crippen LogP contribution in [0.15, 0.2) is 40.5 Å². The summed E-state index contributed by atoms with van der Waals surface area (Å²) in [6, 6.07) is 5.96. The average Bonchev–Trinajstić information content (AvgIpc) is 3.33. The average molecular weight is 453 g/mol. The van der Waals surface area contributed by atoms with Gasteiger partial charge < -0.3 is 10.2 Å². The number of halogens is 1. The van der Waals surface area contributed by atoms with Crippen LogP contribution in [0.3, 0.4) is 0 Å². The summed E-state index contributed by atoms with van der Waals surface area (Å²) in [4.78, 5) is 18.5. The molecule has 1 N–H and O–H groups in total. The number of carbonyl (C=O) groups is 1. The molecule has 2 aromatic rings. The van der Waals surface area contributed by atoms with Gasteiger partial charge in [-0.15, -0.1) is 0 Å². The second-order valence-corrected chi connectivity index (χ2v) is 9.68. The minimum atomic E-state index is -3.49. The molecule has 1 amide bonds. The Kier molecular flexibility index (Phi) is 7.14. The van der Waals surface area contributed by atoms with Crippen LogP contribution in [-0.2, 0) is 26.0 Å². The summed E-state index contributed by atoms with van der Waals surface area (Å²) < 4.78 is 25.4. The molecule has 3 rings (SSSR count). The largest absolute Gasteiger partial charge is 0.392 e. The van der Waals surface area contributed by atoms with Gasteiger partial charge in [0.2, 0.25) is 0 Å². The maximum atomic E-state index is 12.9. The first kappa shape index (κ1) is 22.3. The summed E-state index contributed by atoms with van der Waals surface area (Å²) in [5, 5.41) is 11.1. The fourth-order valence-electron chi connectivity index (χ4n) is 3.25. The van der Waals surface area contributed by atoms with Crippen molar-refractivity contribution in [2.75, 3.05) is 11.6 Å². The molecule has 0 saturated heterocycles. The van der Waals surface area contributed by atoms with E-state index in [-0.39, 0.29) is 21.7 Å². The molecule has 0 atom stereocenters. The second kappa shape index (κ2) is 9.61. The van der Waals surface area contributed by atoms with Crippen LogP contribution in [0.2, 0.25) is 5.02 Å². The van der Waals surface area contributed by atoms with Crippen LogP contribution in [0.4, 0.5) is 5.82 Å². The van der Waals surface area contributed by atoms with Gasteiger partial charge >= 0.3 is 0 Å². The number of hydrogen-bond acceptors (Lipinski definition) is 6. The standard InChI is InChI=1S/C20H25ClN4O4S/c1-3-11-25-12-10-18(23-25)22-20(26)19(24-29-15-6-4-5-7-15)14-8-9-17(16(21)13-14)30(2,27)28/h8-10,12-13,15H,3-7,11H2,1-2H3,(H,22,23,26)/b24-19-. The van der Waals surface area contributed by atoms with E-state index in [0.717, 1.165) is 44.9 Å². The van der Waals surface area contributed by atoms with E-state index in [1.807, 2.05) is 6.92 Å². The van der Waals surface area contributed by atoms with Crippen molar-refractivity contribution in [2.24, 2.45) is 5.16 Å². The van der Waals surface area contributed by atoms with Crippen molar-refractivity contribution in [3.8, 4) is 0 Å². The van der Waals surface area contributed by atoms with Crippen molar-refractivity contribution in [3.63, 3.8) is 0 Å². The first-order valence-corrected chi connectivity index (χ1v) is 12.1. The van der Waals surface area contributed by atoms with Gasteiger partial charge in [0.1, 0.15) is 6.10 Å². The van der Waals surface area contributed by atoms with Gasteiger partial charge in [0.05, 0.1) is 9.92 Å². The molecule has 1 heterocycles. The summed E-state index contributed by atoms with van der Waals surface area (Å²) in [5.41, 5.74) is 0.366. The Balaban J connectivity index is 1.88. The third-order valence-corrected chi connectivity index (χ3v) is 6.33. The smallest absolute Gasteiger partial charge is 0.279 e. The van der Waals surface area contributed by atoms with Gasteiger partial charge in [0.15, 0.2) is 21.4 Å². The number of sulfone groups is 1. The van der Waals surface area contributed by atoms with Gasteiger partial charge in [0, 0.05) is 30.6 Å². The molecule has 0 radical (unpaired) electrons. The van der Waals surface area contributed by atoms with E-state index in [4.69, 9.17) is 16.4 Å². The van der Waals surface area contributed by atoms with Crippen LogP contribution in [0, 0.1) is 0 Å². The molecule has 1 fully saturated rings. The number of anilines is 1. The van der Waals surface area contributed by atoms with Crippen LogP contribution in [0.25, 0.3) is 0 Å². The zero-order valence-electron chi connectivity index (χ0n) is 17.0. The quantitative estimate of drug-likeness (QED) is 0.486. The van der Waals surface area contributed by atoms with Crippen LogP contribution in [0.1, 0.15) is 44.6 Å². The predicted octanol–water partition coefficient (Wildman–Crippen LogP) is 3.65. The summed E-state index contributed by atoms with van der Waals surface area (Å²) in [6.07, 6.45) is 7.62. The predicted molar refractivity (Wildman–Crippen MR) is 116 cm³/mol. The van der Waals surface area contributed by atoms with Gasteiger partial charge in [0.25, 0.3) is 5.91 Å². The minimum absolute atomic E-state index is 0.00823. The molecule has 8 nitrogen and oxygen atoms in total. The molecule has 1 saturated carbocycles. The molecule has 0 unspecified atom stereocenters. The fraction of sp³-hybridized carbons (Fsp3) is 0.450. The lowest BCUT2D eigenvalue weighted by atomic mass is 10.1. The normalized spacial score (nSPS) is 15.4. The maximum absolute atomic E-state index is 12.9. The lowest BCUT2D eigenvalue weighted by Crippen LogP contribution is -2.25. The molecule has 0 spiro atoms. The highest BCUT2D eigenvalue weighted by Gasteiger charge is 2.22. The number of aryl methyl sites for hydroxylation is 1. The number of carbonyl (C=O) groups excluding carboxylic acids is 1. The first-order valence-electron chi connectivity index (χ1n) is 9.86. The van der Waals surface area contributed by atoms with Crippen LogP contribution in [0.5, 0.6) is 0 Å². The van der Waals surface area contributed by atoms with Crippen LogP contribution >= 0.6 is 11.6 Å². The van der Waals surface area contributed by atoms with E-state index in [9.17, 15) is 13.2 Å².